The average Bonchev–Trinajstić information content (AvgIpc) is 2.75. The third-order valence-corrected chi connectivity index (χ3v) is 3.28. The zero-order valence-electron chi connectivity index (χ0n) is 11.1. The van der Waals surface area contributed by atoms with Gasteiger partial charge in [0.2, 0.25) is 0 Å². The Hall–Kier alpha value is -1.92. The molecule has 7 heteroatoms. The van der Waals surface area contributed by atoms with Crippen molar-refractivity contribution in [2.45, 2.75) is 6.92 Å². The van der Waals surface area contributed by atoms with Crippen LogP contribution in [0, 0.1) is 6.92 Å². The van der Waals surface area contributed by atoms with Gasteiger partial charge in [-0.3, -0.25) is 5.43 Å². The Morgan fingerprint density at radius 3 is 2.75 bits per heavy atom. The number of halogens is 1. The van der Waals surface area contributed by atoms with Gasteiger partial charge in [-0.1, -0.05) is 29.8 Å². The summed E-state index contributed by atoms with van der Waals surface area (Å²) >= 11 is 11.1. The van der Waals surface area contributed by atoms with E-state index < -0.39 is 0 Å². The number of benzene rings is 1. The predicted molar refractivity (Wildman–Crippen MR) is 85.7 cm³/mol. The molecule has 0 saturated heterocycles. The van der Waals surface area contributed by atoms with Gasteiger partial charge < -0.3 is 5.32 Å². The molecule has 5 nitrogen and oxygen atoms in total. The van der Waals surface area contributed by atoms with Crippen molar-refractivity contribution in [3.8, 4) is 5.69 Å². The van der Waals surface area contributed by atoms with Crippen LogP contribution < -0.4 is 10.7 Å². The summed E-state index contributed by atoms with van der Waals surface area (Å²) < 4.78 is 1.78. The summed E-state index contributed by atoms with van der Waals surface area (Å²) in [5.41, 5.74) is 5.28. The van der Waals surface area contributed by atoms with E-state index in [1.807, 2.05) is 37.3 Å². The molecule has 104 valence electrons. The molecule has 1 aromatic heterocycles. The zero-order chi connectivity index (χ0) is 14.5. The minimum absolute atomic E-state index is 0.396. The van der Waals surface area contributed by atoms with Gasteiger partial charge in [0.15, 0.2) is 10.3 Å². The first kappa shape index (κ1) is 14.5. The minimum atomic E-state index is 0.396. The molecule has 0 bridgehead atoms. The van der Waals surface area contributed by atoms with E-state index in [1.165, 1.54) is 0 Å². The van der Waals surface area contributed by atoms with E-state index in [4.69, 9.17) is 23.8 Å². The lowest BCUT2D eigenvalue weighted by Crippen LogP contribution is -2.28. The first-order valence-corrected chi connectivity index (χ1v) is 6.73. The molecule has 0 radical (unpaired) electrons. The maximum absolute atomic E-state index is 6.15. The van der Waals surface area contributed by atoms with E-state index in [1.54, 1.807) is 17.9 Å². The maximum atomic E-state index is 6.15. The topological polar surface area (TPSA) is 54.2 Å². The molecule has 0 amide bonds. The SMILES string of the molecule is CNC(=S)N/N=C/c1c(Cl)nn(-c2ccccc2)c1C. The molecule has 0 unspecified atom stereocenters. The Kier molecular flexibility index (Phi) is 4.70. The van der Waals surface area contributed by atoms with Gasteiger partial charge >= 0.3 is 0 Å². The summed E-state index contributed by atoms with van der Waals surface area (Å²) in [5, 5.41) is 11.9. The molecule has 1 aromatic carbocycles. The number of hydrogen-bond acceptors (Lipinski definition) is 3. The van der Waals surface area contributed by atoms with Crippen LogP contribution in [0.4, 0.5) is 0 Å². The Balaban J connectivity index is 2.28. The van der Waals surface area contributed by atoms with Gasteiger partial charge in [-0.15, -0.1) is 0 Å². The van der Waals surface area contributed by atoms with Crippen LogP contribution >= 0.6 is 23.8 Å². The predicted octanol–water partition coefficient (Wildman–Crippen LogP) is 2.26. The highest BCUT2D eigenvalue weighted by atomic mass is 35.5. The molecular formula is C13H14ClN5S. The van der Waals surface area contributed by atoms with E-state index in [0.29, 0.717) is 10.3 Å². The van der Waals surface area contributed by atoms with Crippen LogP contribution in [0.1, 0.15) is 11.3 Å². The molecular weight excluding hydrogens is 294 g/mol. The number of para-hydroxylation sites is 1. The minimum Gasteiger partial charge on any atom is -0.364 e. The Morgan fingerprint density at radius 2 is 2.10 bits per heavy atom. The maximum Gasteiger partial charge on any atom is 0.186 e. The Labute approximate surface area is 127 Å². The van der Waals surface area contributed by atoms with Crippen molar-refractivity contribution in [1.29, 1.82) is 0 Å². The lowest BCUT2D eigenvalue weighted by molar-refractivity contribution is 0.847. The molecule has 0 spiro atoms. The van der Waals surface area contributed by atoms with Crippen molar-refractivity contribution in [3.63, 3.8) is 0 Å². The van der Waals surface area contributed by atoms with Crippen molar-refractivity contribution < 1.29 is 0 Å². The summed E-state index contributed by atoms with van der Waals surface area (Å²) in [5.74, 6) is 0. The second kappa shape index (κ2) is 6.49. The highest BCUT2D eigenvalue weighted by molar-refractivity contribution is 7.80. The van der Waals surface area contributed by atoms with Gasteiger partial charge in [0.1, 0.15) is 0 Å². The molecule has 0 atom stereocenters. The quantitative estimate of drug-likeness (QED) is 0.519. The van der Waals surface area contributed by atoms with Crippen LogP contribution in [0.5, 0.6) is 0 Å². The fourth-order valence-corrected chi connectivity index (χ4v) is 1.97. The molecule has 1 heterocycles. The number of thiocarbonyl (C=S) groups is 1. The molecule has 2 N–H and O–H groups in total. The van der Waals surface area contributed by atoms with E-state index in [9.17, 15) is 0 Å². The van der Waals surface area contributed by atoms with Gasteiger partial charge in [0.05, 0.1) is 23.2 Å². The fourth-order valence-electron chi connectivity index (χ4n) is 1.66. The van der Waals surface area contributed by atoms with Gasteiger partial charge in [0, 0.05) is 7.05 Å². The number of rotatable bonds is 3. The van der Waals surface area contributed by atoms with Crippen LogP contribution in [0.15, 0.2) is 35.4 Å². The van der Waals surface area contributed by atoms with Gasteiger partial charge in [-0.05, 0) is 31.3 Å². The summed E-state index contributed by atoms with van der Waals surface area (Å²) in [6, 6.07) is 9.78. The monoisotopic (exact) mass is 307 g/mol. The van der Waals surface area contributed by atoms with E-state index >= 15 is 0 Å². The van der Waals surface area contributed by atoms with Gasteiger partial charge in [-0.2, -0.15) is 10.2 Å². The van der Waals surface area contributed by atoms with Gasteiger partial charge in [0.25, 0.3) is 0 Å². The highest BCUT2D eigenvalue weighted by Gasteiger charge is 2.12. The second-order valence-corrected chi connectivity index (χ2v) is 4.75. The molecule has 0 saturated carbocycles. The highest BCUT2D eigenvalue weighted by Crippen LogP contribution is 2.20. The zero-order valence-corrected chi connectivity index (χ0v) is 12.7. The Morgan fingerprint density at radius 1 is 1.40 bits per heavy atom. The van der Waals surface area contributed by atoms with Crippen molar-refractivity contribution in [3.05, 3.63) is 46.7 Å². The molecule has 20 heavy (non-hydrogen) atoms. The summed E-state index contributed by atoms with van der Waals surface area (Å²) in [7, 11) is 1.72. The number of nitrogens with zero attached hydrogens (tertiary/aromatic N) is 3. The lowest BCUT2D eigenvalue weighted by Gasteiger charge is -2.03. The van der Waals surface area contributed by atoms with Crippen molar-refractivity contribution in [2.24, 2.45) is 5.10 Å². The molecule has 0 aliphatic heterocycles. The summed E-state index contributed by atoms with van der Waals surface area (Å²) in [4.78, 5) is 0. The number of nitrogens with one attached hydrogen (secondary N) is 2. The molecule has 0 aliphatic rings. The smallest absolute Gasteiger partial charge is 0.186 e. The van der Waals surface area contributed by atoms with Crippen LogP contribution in [0.25, 0.3) is 5.69 Å². The summed E-state index contributed by atoms with van der Waals surface area (Å²) in [6.07, 6.45) is 1.60. The normalized spacial score (nSPS) is 10.8. The van der Waals surface area contributed by atoms with E-state index in [-0.39, 0.29) is 0 Å². The third-order valence-electron chi connectivity index (χ3n) is 2.71. The van der Waals surface area contributed by atoms with Crippen molar-refractivity contribution >= 4 is 35.1 Å². The Bertz CT molecular complexity index is 636. The lowest BCUT2D eigenvalue weighted by atomic mass is 10.2. The van der Waals surface area contributed by atoms with E-state index in [0.717, 1.165) is 16.9 Å². The van der Waals surface area contributed by atoms with Crippen LogP contribution in [0.2, 0.25) is 5.15 Å². The number of hydrazone groups is 1. The molecule has 0 fully saturated rings. The first-order chi connectivity index (χ1) is 9.63. The average molecular weight is 308 g/mol. The van der Waals surface area contributed by atoms with Gasteiger partial charge in [-0.25, -0.2) is 4.68 Å². The van der Waals surface area contributed by atoms with E-state index in [2.05, 4.69) is 20.9 Å². The van der Waals surface area contributed by atoms with Crippen LogP contribution in [0.3, 0.4) is 0 Å². The summed E-state index contributed by atoms with van der Waals surface area (Å²) in [6.45, 7) is 1.93. The van der Waals surface area contributed by atoms with Crippen LogP contribution in [-0.4, -0.2) is 28.2 Å². The van der Waals surface area contributed by atoms with Crippen molar-refractivity contribution in [2.75, 3.05) is 7.05 Å². The first-order valence-electron chi connectivity index (χ1n) is 5.95. The molecule has 2 aromatic rings. The molecule has 0 aliphatic carbocycles. The fraction of sp³-hybridized carbons (Fsp3) is 0.154. The third kappa shape index (κ3) is 3.15. The van der Waals surface area contributed by atoms with Crippen LogP contribution in [-0.2, 0) is 0 Å². The standard InChI is InChI=1S/C13H14ClN5S/c1-9-11(8-16-17-13(20)15-2)12(14)18-19(9)10-6-4-3-5-7-10/h3-8H,1-2H3,(H2,15,17,20)/b16-8+. The van der Waals surface area contributed by atoms with Crippen molar-refractivity contribution in [1.82, 2.24) is 20.5 Å². The number of aromatic nitrogens is 2. The molecule has 2 rings (SSSR count). The second-order valence-electron chi connectivity index (χ2n) is 3.99. The largest absolute Gasteiger partial charge is 0.364 e. The number of hydrogen-bond donors (Lipinski definition) is 2.